The van der Waals surface area contributed by atoms with Gasteiger partial charge in [-0.25, -0.2) is 0 Å². The summed E-state index contributed by atoms with van der Waals surface area (Å²) in [7, 11) is 2.05. The summed E-state index contributed by atoms with van der Waals surface area (Å²) in [5.41, 5.74) is 7.65. The molecule has 1 aromatic carbocycles. The zero-order valence-electron chi connectivity index (χ0n) is 12.5. The second-order valence-electron chi connectivity index (χ2n) is 5.61. The van der Waals surface area contributed by atoms with Crippen LogP contribution in [0.5, 0.6) is 5.75 Å². The number of H-pyrrole nitrogens is 1. The van der Waals surface area contributed by atoms with Crippen LogP contribution in [-0.4, -0.2) is 41.8 Å². The first-order chi connectivity index (χ1) is 9.60. The topological polar surface area (TPSA) is 67.2 Å². The lowest BCUT2D eigenvalue weighted by atomic mass is 10.2. The highest BCUT2D eigenvalue weighted by molar-refractivity contribution is 5.82. The van der Waals surface area contributed by atoms with E-state index in [0.29, 0.717) is 12.5 Å². The Hall–Kier alpha value is -1.59. The van der Waals surface area contributed by atoms with E-state index < -0.39 is 0 Å². The number of nitrogens with two attached hydrogens (primary N) is 1. The summed E-state index contributed by atoms with van der Waals surface area (Å²) in [4.78, 5) is 2.16. The molecule has 0 saturated carbocycles. The van der Waals surface area contributed by atoms with E-state index in [0.717, 1.165) is 42.0 Å². The molecule has 110 valence electrons. The number of nitrogens with zero attached hydrogens (tertiary/aromatic N) is 2. The van der Waals surface area contributed by atoms with Crippen LogP contribution in [0, 0.1) is 5.92 Å². The lowest BCUT2D eigenvalue weighted by molar-refractivity contribution is 0.271. The third-order valence-electron chi connectivity index (χ3n) is 3.13. The molecule has 0 bridgehead atoms. The summed E-state index contributed by atoms with van der Waals surface area (Å²) in [5, 5.41) is 8.58. The molecule has 2 rings (SSSR count). The van der Waals surface area contributed by atoms with Gasteiger partial charge in [-0.05, 0) is 31.2 Å². The van der Waals surface area contributed by atoms with Crippen LogP contribution in [0.4, 0.5) is 0 Å². The third-order valence-corrected chi connectivity index (χ3v) is 3.13. The molecule has 3 N–H and O–H groups in total. The maximum atomic E-state index is 5.78. The Morgan fingerprint density at radius 3 is 2.90 bits per heavy atom. The van der Waals surface area contributed by atoms with E-state index in [9.17, 15) is 0 Å². The van der Waals surface area contributed by atoms with E-state index in [4.69, 9.17) is 10.5 Å². The van der Waals surface area contributed by atoms with Crippen LogP contribution in [0.25, 0.3) is 10.9 Å². The van der Waals surface area contributed by atoms with Gasteiger partial charge in [0.05, 0.1) is 17.8 Å². The monoisotopic (exact) mass is 276 g/mol. The van der Waals surface area contributed by atoms with Gasteiger partial charge >= 0.3 is 0 Å². The first-order valence-electron chi connectivity index (χ1n) is 7.08. The van der Waals surface area contributed by atoms with Crippen molar-refractivity contribution in [2.24, 2.45) is 11.7 Å². The molecule has 20 heavy (non-hydrogen) atoms. The largest absolute Gasteiger partial charge is 0.493 e. The summed E-state index contributed by atoms with van der Waals surface area (Å²) in [6.45, 7) is 7.31. The third kappa shape index (κ3) is 3.71. The molecule has 0 atom stereocenters. The van der Waals surface area contributed by atoms with Crippen molar-refractivity contribution in [1.29, 1.82) is 0 Å². The van der Waals surface area contributed by atoms with Crippen molar-refractivity contribution in [2.45, 2.75) is 20.4 Å². The Morgan fingerprint density at radius 1 is 1.40 bits per heavy atom. The Labute approximate surface area is 120 Å². The minimum atomic E-state index is 0.519. The summed E-state index contributed by atoms with van der Waals surface area (Å²) < 4.78 is 5.78. The van der Waals surface area contributed by atoms with Crippen molar-refractivity contribution >= 4 is 10.9 Å². The number of benzene rings is 1. The minimum Gasteiger partial charge on any atom is -0.493 e. The maximum absolute atomic E-state index is 5.78. The molecule has 5 heteroatoms. The number of aromatic amines is 1. The Kier molecular flexibility index (Phi) is 4.98. The molecule has 0 unspecified atom stereocenters. The van der Waals surface area contributed by atoms with Crippen LogP contribution < -0.4 is 10.5 Å². The predicted octanol–water partition coefficient (Wildman–Crippen LogP) is 1.99. The molecule has 1 aromatic heterocycles. The van der Waals surface area contributed by atoms with Gasteiger partial charge < -0.3 is 10.5 Å². The van der Waals surface area contributed by atoms with Crippen molar-refractivity contribution in [2.75, 3.05) is 26.7 Å². The minimum absolute atomic E-state index is 0.519. The van der Waals surface area contributed by atoms with Crippen molar-refractivity contribution in [3.63, 3.8) is 0 Å². The number of hydrogen-bond donors (Lipinski definition) is 2. The van der Waals surface area contributed by atoms with Gasteiger partial charge in [-0.3, -0.25) is 10.00 Å². The van der Waals surface area contributed by atoms with Crippen molar-refractivity contribution in [1.82, 2.24) is 15.1 Å². The van der Waals surface area contributed by atoms with Crippen molar-refractivity contribution in [3.05, 3.63) is 23.9 Å². The molecule has 0 saturated heterocycles. The van der Waals surface area contributed by atoms with Crippen LogP contribution in [0.3, 0.4) is 0 Å². The standard InChI is InChI=1S/C15H24N4O/c1-11(2)10-20-12-4-5-14-13(8-12)15(18-17-14)9-19(3)7-6-16/h4-5,8,11H,6-7,9-10,16H2,1-3H3,(H,17,18). The number of fused-ring (bicyclic) bond motifs is 1. The van der Waals surface area contributed by atoms with Gasteiger partial charge in [-0.15, -0.1) is 0 Å². The molecule has 0 fully saturated rings. The quantitative estimate of drug-likeness (QED) is 0.811. The molecular weight excluding hydrogens is 252 g/mol. The summed E-state index contributed by atoms with van der Waals surface area (Å²) in [6, 6.07) is 6.06. The lowest BCUT2D eigenvalue weighted by Crippen LogP contribution is -2.25. The van der Waals surface area contributed by atoms with E-state index >= 15 is 0 Å². The van der Waals surface area contributed by atoms with Gasteiger partial charge in [-0.2, -0.15) is 5.10 Å². The van der Waals surface area contributed by atoms with E-state index in [1.54, 1.807) is 0 Å². The zero-order chi connectivity index (χ0) is 14.5. The molecule has 1 heterocycles. The number of likely N-dealkylation sites (N-methyl/N-ethyl adjacent to an activating group) is 1. The average Bonchev–Trinajstić information content (AvgIpc) is 2.79. The molecular formula is C15H24N4O. The number of ether oxygens (including phenoxy) is 1. The van der Waals surface area contributed by atoms with E-state index in [2.05, 4.69) is 35.0 Å². The predicted molar refractivity (Wildman–Crippen MR) is 81.8 cm³/mol. The molecule has 0 radical (unpaired) electrons. The molecule has 0 aliphatic carbocycles. The van der Waals surface area contributed by atoms with Crippen molar-refractivity contribution in [3.8, 4) is 5.75 Å². The van der Waals surface area contributed by atoms with Crippen molar-refractivity contribution < 1.29 is 4.74 Å². The maximum Gasteiger partial charge on any atom is 0.120 e. The van der Waals surface area contributed by atoms with Crippen LogP contribution >= 0.6 is 0 Å². The fourth-order valence-corrected chi connectivity index (χ4v) is 2.08. The van der Waals surface area contributed by atoms with Gasteiger partial charge in [0, 0.05) is 25.0 Å². The molecule has 2 aromatic rings. The first kappa shape index (κ1) is 14.8. The average molecular weight is 276 g/mol. The fraction of sp³-hybridized carbons (Fsp3) is 0.533. The smallest absolute Gasteiger partial charge is 0.120 e. The van der Waals surface area contributed by atoms with Gasteiger partial charge in [0.15, 0.2) is 0 Å². The molecule has 0 aliphatic heterocycles. The highest BCUT2D eigenvalue weighted by atomic mass is 16.5. The van der Waals surface area contributed by atoms with E-state index in [-0.39, 0.29) is 0 Å². The normalized spacial score (nSPS) is 11.7. The molecule has 0 spiro atoms. The van der Waals surface area contributed by atoms with Crippen LogP contribution in [0.15, 0.2) is 18.2 Å². The van der Waals surface area contributed by atoms with E-state index in [1.165, 1.54) is 0 Å². The first-order valence-corrected chi connectivity index (χ1v) is 7.08. The number of hydrogen-bond acceptors (Lipinski definition) is 4. The van der Waals surface area contributed by atoms with Gasteiger partial charge in [0.2, 0.25) is 0 Å². The Morgan fingerprint density at radius 2 is 2.20 bits per heavy atom. The SMILES string of the molecule is CC(C)COc1ccc2[nH]nc(CN(C)CCN)c2c1. The van der Waals surface area contributed by atoms with Gasteiger partial charge in [0.1, 0.15) is 5.75 Å². The van der Waals surface area contributed by atoms with Crippen LogP contribution in [-0.2, 0) is 6.54 Å². The number of rotatable bonds is 7. The summed E-state index contributed by atoms with van der Waals surface area (Å²) >= 11 is 0. The van der Waals surface area contributed by atoms with E-state index in [1.807, 2.05) is 19.2 Å². The molecule has 0 amide bonds. The van der Waals surface area contributed by atoms with Crippen LogP contribution in [0.1, 0.15) is 19.5 Å². The Bertz CT molecular complexity index is 550. The highest BCUT2D eigenvalue weighted by Gasteiger charge is 2.09. The Balaban J connectivity index is 2.16. The summed E-state index contributed by atoms with van der Waals surface area (Å²) in [5.74, 6) is 1.42. The van der Waals surface area contributed by atoms with Gasteiger partial charge in [-0.1, -0.05) is 13.8 Å². The zero-order valence-corrected chi connectivity index (χ0v) is 12.5. The summed E-state index contributed by atoms with van der Waals surface area (Å²) in [6.07, 6.45) is 0. The highest BCUT2D eigenvalue weighted by Crippen LogP contribution is 2.23. The number of aromatic nitrogens is 2. The second-order valence-corrected chi connectivity index (χ2v) is 5.61. The molecule has 0 aliphatic rings. The van der Waals surface area contributed by atoms with Crippen LogP contribution in [0.2, 0.25) is 0 Å². The fourth-order valence-electron chi connectivity index (χ4n) is 2.08. The van der Waals surface area contributed by atoms with Gasteiger partial charge in [0.25, 0.3) is 0 Å². The second kappa shape index (κ2) is 6.72. The number of nitrogens with one attached hydrogen (secondary N) is 1. The lowest BCUT2D eigenvalue weighted by Gasteiger charge is -2.13. The molecule has 5 nitrogen and oxygen atoms in total.